The first-order valence-corrected chi connectivity index (χ1v) is 9.78. The molecule has 134 valence electrons. The molecule has 0 aliphatic heterocycles. The molecule has 0 saturated heterocycles. The molecule has 3 aromatic carbocycles. The molecule has 0 aromatic heterocycles. The summed E-state index contributed by atoms with van der Waals surface area (Å²) in [4.78, 5) is 0. The lowest BCUT2D eigenvalue weighted by Crippen LogP contribution is -2.04. The Morgan fingerprint density at radius 2 is 1.58 bits per heavy atom. The highest BCUT2D eigenvalue weighted by molar-refractivity contribution is 9.10. The molecule has 0 atom stereocenters. The Labute approximate surface area is 176 Å². The third kappa shape index (κ3) is 5.31. The van der Waals surface area contributed by atoms with Gasteiger partial charge in [0.1, 0.15) is 12.4 Å². The van der Waals surface area contributed by atoms with E-state index >= 15 is 0 Å². The van der Waals surface area contributed by atoms with E-state index in [-0.39, 0.29) is 0 Å². The van der Waals surface area contributed by atoms with Gasteiger partial charge in [-0.05, 0) is 42.5 Å². The average molecular weight is 472 g/mol. The smallest absolute Gasteiger partial charge is 0.124 e. The van der Waals surface area contributed by atoms with E-state index in [0.717, 1.165) is 27.0 Å². The first kappa shape index (κ1) is 19.4. The number of anilines is 1. The van der Waals surface area contributed by atoms with Gasteiger partial charge >= 0.3 is 0 Å². The number of nitrogens with one attached hydrogen (secondary N) is 1. The monoisotopic (exact) mass is 469 g/mol. The second-order valence-electron chi connectivity index (χ2n) is 5.64. The molecule has 0 aliphatic rings. The number of ether oxygens (including phenoxy) is 1. The molecule has 0 aliphatic carbocycles. The van der Waals surface area contributed by atoms with E-state index in [0.29, 0.717) is 28.2 Å². The van der Waals surface area contributed by atoms with E-state index in [9.17, 15) is 0 Å². The van der Waals surface area contributed by atoms with Gasteiger partial charge in [0.15, 0.2) is 0 Å². The highest BCUT2D eigenvalue weighted by Gasteiger charge is 2.08. The van der Waals surface area contributed by atoms with Gasteiger partial charge < -0.3 is 10.1 Å². The highest BCUT2D eigenvalue weighted by atomic mass is 79.9. The average Bonchev–Trinajstić information content (AvgIpc) is 2.59. The summed E-state index contributed by atoms with van der Waals surface area (Å²) >= 11 is 21.8. The van der Waals surface area contributed by atoms with Gasteiger partial charge in [0.05, 0.1) is 0 Å². The van der Waals surface area contributed by atoms with Crippen LogP contribution >= 0.6 is 50.7 Å². The molecule has 0 heterocycles. The SMILES string of the molecule is Clc1cc(Cl)cc(NCc2cc(Br)ccc2OCc2ccccc2Cl)c1. The van der Waals surface area contributed by atoms with E-state index in [1.165, 1.54) is 0 Å². The number of hydrogen-bond donors (Lipinski definition) is 1. The summed E-state index contributed by atoms with van der Waals surface area (Å²) in [6.45, 7) is 0.964. The normalized spacial score (nSPS) is 10.6. The van der Waals surface area contributed by atoms with Gasteiger partial charge in [0.25, 0.3) is 0 Å². The van der Waals surface area contributed by atoms with Gasteiger partial charge in [-0.2, -0.15) is 0 Å². The van der Waals surface area contributed by atoms with E-state index in [1.54, 1.807) is 6.07 Å². The van der Waals surface area contributed by atoms with E-state index in [1.807, 2.05) is 54.6 Å². The fraction of sp³-hybridized carbons (Fsp3) is 0.100. The van der Waals surface area contributed by atoms with Crippen LogP contribution in [0.3, 0.4) is 0 Å². The van der Waals surface area contributed by atoms with Crippen molar-refractivity contribution in [2.45, 2.75) is 13.2 Å². The quantitative estimate of drug-likeness (QED) is 0.400. The summed E-state index contributed by atoms with van der Waals surface area (Å²) in [7, 11) is 0. The van der Waals surface area contributed by atoms with Gasteiger partial charge in [-0.1, -0.05) is 68.9 Å². The van der Waals surface area contributed by atoms with Gasteiger partial charge in [-0.25, -0.2) is 0 Å². The minimum absolute atomic E-state index is 0.400. The van der Waals surface area contributed by atoms with Crippen molar-refractivity contribution >= 4 is 56.4 Å². The molecule has 0 unspecified atom stereocenters. The minimum Gasteiger partial charge on any atom is -0.488 e. The van der Waals surface area contributed by atoms with Crippen LogP contribution in [0.25, 0.3) is 0 Å². The van der Waals surface area contributed by atoms with Crippen molar-refractivity contribution < 1.29 is 4.74 Å². The Hall–Kier alpha value is -1.39. The Morgan fingerprint density at radius 1 is 0.846 bits per heavy atom. The molecule has 3 aromatic rings. The Kier molecular flexibility index (Phi) is 6.71. The van der Waals surface area contributed by atoms with Crippen molar-refractivity contribution in [1.82, 2.24) is 0 Å². The lowest BCUT2D eigenvalue weighted by Gasteiger charge is -2.14. The topological polar surface area (TPSA) is 21.3 Å². The predicted molar refractivity (Wildman–Crippen MR) is 114 cm³/mol. The molecule has 2 nitrogen and oxygen atoms in total. The second kappa shape index (κ2) is 9.01. The molecule has 0 radical (unpaired) electrons. The Balaban J connectivity index is 1.74. The first-order valence-electron chi connectivity index (χ1n) is 7.86. The van der Waals surface area contributed by atoms with Crippen molar-refractivity contribution in [3.05, 3.63) is 91.3 Å². The molecular formula is C20H15BrCl3NO. The van der Waals surface area contributed by atoms with Crippen LogP contribution in [0, 0.1) is 0 Å². The van der Waals surface area contributed by atoms with Crippen LogP contribution in [0.4, 0.5) is 5.69 Å². The molecule has 0 bridgehead atoms. The number of rotatable bonds is 6. The molecule has 0 saturated carbocycles. The maximum absolute atomic E-state index is 6.20. The molecular weight excluding hydrogens is 456 g/mol. The number of hydrogen-bond acceptors (Lipinski definition) is 2. The van der Waals surface area contributed by atoms with Crippen LogP contribution < -0.4 is 10.1 Å². The van der Waals surface area contributed by atoms with Crippen LogP contribution in [-0.4, -0.2) is 0 Å². The van der Waals surface area contributed by atoms with Crippen LogP contribution in [0.15, 0.2) is 65.1 Å². The first-order chi connectivity index (χ1) is 12.5. The van der Waals surface area contributed by atoms with Crippen molar-refractivity contribution in [3.8, 4) is 5.75 Å². The van der Waals surface area contributed by atoms with E-state index in [4.69, 9.17) is 39.5 Å². The third-order valence-corrected chi connectivity index (χ3v) is 5.01. The zero-order valence-corrected chi connectivity index (χ0v) is 17.5. The molecule has 3 rings (SSSR count). The second-order valence-corrected chi connectivity index (χ2v) is 7.84. The molecule has 0 spiro atoms. The summed E-state index contributed by atoms with van der Waals surface area (Å²) in [5.74, 6) is 0.786. The van der Waals surface area contributed by atoms with Crippen molar-refractivity contribution in [1.29, 1.82) is 0 Å². The standard InChI is InChI=1S/C20H15BrCl3NO/c21-15-5-6-20(26-12-13-3-1-2-4-19(13)24)14(7-15)11-25-18-9-16(22)8-17(23)10-18/h1-10,25H,11-12H2. The van der Waals surface area contributed by atoms with Gasteiger partial charge in [0, 0.05) is 42.9 Å². The number of halogens is 4. The molecule has 0 amide bonds. The summed E-state index contributed by atoms with van der Waals surface area (Å²) in [6, 6.07) is 18.9. The van der Waals surface area contributed by atoms with Gasteiger partial charge in [0.2, 0.25) is 0 Å². The number of benzene rings is 3. The summed E-state index contributed by atoms with van der Waals surface area (Å²) in [5.41, 5.74) is 2.79. The van der Waals surface area contributed by atoms with Crippen molar-refractivity contribution in [3.63, 3.8) is 0 Å². The lowest BCUT2D eigenvalue weighted by molar-refractivity contribution is 0.303. The molecule has 0 fully saturated rings. The van der Waals surface area contributed by atoms with Crippen LogP contribution in [0.5, 0.6) is 5.75 Å². The Bertz CT molecular complexity index is 897. The minimum atomic E-state index is 0.400. The fourth-order valence-corrected chi connectivity index (χ4v) is 3.58. The van der Waals surface area contributed by atoms with Crippen molar-refractivity contribution in [2.75, 3.05) is 5.32 Å². The largest absolute Gasteiger partial charge is 0.488 e. The highest BCUT2D eigenvalue weighted by Crippen LogP contribution is 2.28. The van der Waals surface area contributed by atoms with Crippen molar-refractivity contribution in [2.24, 2.45) is 0 Å². The maximum atomic E-state index is 6.20. The Morgan fingerprint density at radius 3 is 2.31 bits per heavy atom. The van der Waals surface area contributed by atoms with Crippen LogP contribution in [-0.2, 0) is 13.2 Å². The molecule has 1 N–H and O–H groups in total. The lowest BCUT2D eigenvalue weighted by atomic mass is 10.2. The summed E-state index contributed by atoms with van der Waals surface area (Å²) < 4.78 is 6.97. The van der Waals surface area contributed by atoms with Gasteiger partial charge in [-0.15, -0.1) is 0 Å². The van der Waals surface area contributed by atoms with Crippen LogP contribution in [0.2, 0.25) is 15.1 Å². The maximum Gasteiger partial charge on any atom is 0.124 e. The van der Waals surface area contributed by atoms with Gasteiger partial charge in [-0.3, -0.25) is 0 Å². The van der Waals surface area contributed by atoms with E-state index in [2.05, 4.69) is 21.2 Å². The molecule has 26 heavy (non-hydrogen) atoms. The van der Waals surface area contributed by atoms with E-state index < -0.39 is 0 Å². The summed E-state index contributed by atoms with van der Waals surface area (Å²) in [5, 5.41) is 5.19. The zero-order valence-electron chi connectivity index (χ0n) is 13.6. The van der Waals surface area contributed by atoms with Crippen LogP contribution in [0.1, 0.15) is 11.1 Å². The fourth-order valence-electron chi connectivity index (χ4n) is 2.45. The third-order valence-electron chi connectivity index (χ3n) is 3.71. The molecule has 6 heteroatoms. The summed E-state index contributed by atoms with van der Waals surface area (Å²) in [6.07, 6.45) is 0. The predicted octanol–water partition coefficient (Wildman–Crippen LogP) is 7.60. The zero-order chi connectivity index (χ0) is 18.5.